The average molecular weight is 249 g/mol. The van der Waals surface area contributed by atoms with E-state index in [4.69, 9.17) is 28.3 Å². The Morgan fingerprint density at radius 1 is 1.53 bits per heavy atom. The fraction of sp³-hybridized carbons (Fsp3) is 0.333. The Bertz CT molecular complexity index is 351. The molecule has 1 atom stereocenters. The van der Waals surface area contributed by atoms with Crippen LogP contribution in [-0.2, 0) is 11.2 Å². The second-order valence-electron chi connectivity index (χ2n) is 3.00. The summed E-state index contributed by atoms with van der Waals surface area (Å²) in [5.41, 5.74) is 0.738. The molecule has 1 rings (SSSR count). The summed E-state index contributed by atoms with van der Waals surface area (Å²) in [6.07, 6.45) is 0.313. The number of carboxylic acid groups (broad SMARTS) is 1. The van der Waals surface area contributed by atoms with Gasteiger partial charge in [-0.3, -0.25) is 4.79 Å². The van der Waals surface area contributed by atoms with Gasteiger partial charge in [0.05, 0.1) is 0 Å². The van der Waals surface area contributed by atoms with E-state index in [0.29, 0.717) is 6.42 Å². The molecule has 0 fully saturated rings. The van der Waals surface area contributed by atoms with E-state index in [1.165, 1.54) is 0 Å². The number of pyridine rings is 1. The maximum atomic E-state index is 10.8. The van der Waals surface area contributed by atoms with Crippen molar-refractivity contribution >= 4 is 29.2 Å². The zero-order valence-electron chi connectivity index (χ0n) is 8.00. The van der Waals surface area contributed by atoms with Gasteiger partial charge in [0.2, 0.25) is 0 Å². The molecule has 0 aliphatic carbocycles. The summed E-state index contributed by atoms with van der Waals surface area (Å²) in [6, 6.07) is 2.54. The minimum atomic E-state index is -0.915. The molecule has 0 aromatic carbocycles. The largest absolute Gasteiger partial charge is 0.480 e. The zero-order valence-corrected chi connectivity index (χ0v) is 9.51. The van der Waals surface area contributed by atoms with Crippen molar-refractivity contribution in [3.63, 3.8) is 0 Å². The summed E-state index contributed by atoms with van der Waals surface area (Å²) in [4.78, 5) is 14.5. The van der Waals surface area contributed by atoms with Gasteiger partial charge in [0.1, 0.15) is 16.3 Å². The molecule has 15 heavy (non-hydrogen) atoms. The Balaban J connectivity index is 2.83. The van der Waals surface area contributed by atoms with E-state index in [0.717, 1.165) is 5.56 Å². The number of likely N-dealkylation sites (N-methyl/N-ethyl adjacent to an activating group) is 1. The van der Waals surface area contributed by atoms with Gasteiger partial charge in [-0.25, -0.2) is 4.98 Å². The lowest BCUT2D eigenvalue weighted by Gasteiger charge is -2.11. The Hall–Kier alpha value is -0.840. The van der Waals surface area contributed by atoms with Gasteiger partial charge in [-0.1, -0.05) is 23.2 Å². The summed E-state index contributed by atoms with van der Waals surface area (Å²) in [6.45, 7) is 0. The van der Waals surface area contributed by atoms with Crippen LogP contribution < -0.4 is 5.32 Å². The van der Waals surface area contributed by atoms with Crippen LogP contribution >= 0.6 is 23.2 Å². The first-order valence-electron chi connectivity index (χ1n) is 4.25. The third kappa shape index (κ3) is 3.66. The van der Waals surface area contributed by atoms with Crippen molar-refractivity contribution in [3.05, 3.63) is 28.0 Å². The molecule has 1 heterocycles. The van der Waals surface area contributed by atoms with Crippen LogP contribution in [0.2, 0.25) is 10.3 Å². The number of aromatic nitrogens is 1. The van der Waals surface area contributed by atoms with Crippen LogP contribution in [0.15, 0.2) is 12.1 Å². The number of hydrogen-bond donors (Lipinski definition) is 2. The number of hydrogen-bond acceptors (Lipinski definition) is 3. The Labute approximate surface area is 97.2 Å². The first-order valence-corrected chi connectivity index (χ1v) is 5.00. The van der Waals surface area contributed by atoms with Gasteiger partial charge < -0.3 is 10.4 Å². The van der Waals surface area contributed by atoms with Crippen LogP contribution in [0.3, 0.4) is 0 Å². The molecule has 0 bridgehead atoms. The van der Waals surface area contributed by atoms with Crippen molar-refractivity contribution in [1.29, 1.82) is 0 Å². The highest BCUT2D eigenvalue weighted by molar-refractivity contribution is 6.32. The lowest BCUT2D eigenvalue weighted by Crippen LogP contribution is -2.35. The van der Waals surface area contributed by atoms with E-state index in [2.05, 4.69) is 10.3 Å². The van der Waals surface area contributed by atoms with Crippen molar-refractivity contribution < 1.29 is 9.90 Å². The second kappa shape index (κ2) is 5.30. The summed E-state index contributed by atoms with van der Waals surface area (Å²) in [5, 5.41) is 12.0. The van der Waals surface area contributed by atoms with Crippen LogP contribution in [0.25, 0.3) is 0 Å². The molecule has 0 aliphatic heterocycles. The fourth-order valence-corrected chi connectivity index (χ4v) is 1.69. The van der Waals surface area contributed by atoms with Gasteiger partial charge in [0, 0.05) is 0 Å². The second-order valence-corrected chi connectivity index (χ2v) is 3.78. The van der Waals surface area contributed by atoms with Crippen molar-refractivity contribution in [1.82, 2.24) is 10.3 Å². The third-order valence-electron chi connectivity index (χ3n) is 1.91. The van der Waals surface area contributed by atoms with E-state index in [9.17, 15) is 4.79 Å². The summed E-state index contributed by atoms with van der Waals surface area (Å²) in [5.74, 6) is -0.915. The quantitative estimate of drug-likeness (QED) is 0.795. The summed E-state index contributed by atoms with van der Waals surface area (Å²) >= 11 is 11.4. The number of carbonyl (C=O) groups is 1. The van der Waals surface area contributed by atoms with Gasteiger partial charge in [0.15, 0.2) is 0 Å². The first-order chi connectivity index (χ1) is 7.02. The zero-order chi connectivity index (χ0) is 11.4. The number of carboxylic acids is 1. The number of nitrogens with one attached hydrogen (secondary N) is 1. The van der Waals surface area contributed by atoms with Gasteiger partial charge in [-0.15, -0.1) is 0 Å². The Morgan fingerprint density at radius 2 is 2.07 bits per heavy atom. The van der Waals surface area contributed by atoms with E-state index in [-0.39, 0.29) is 10.3 Å². The van der Waals surface area contributed by atoms with Crippen LogP contribution in [0, 0.1) is 0 Å². The molecule has 1 aromatic heterocycles. The topological polar surface area (TPSA) is 62.2 Å². The van der Waals surface area contributed by atoms with Crippen LogP contribution in [-0.4, -0.2) is 29.1 Å². The normalized spacial score (nSPS) is 12.5. The Morgan fingerprint density at radius 3 is 2.47 bits per heavy atom. The maximum Gasteiger partial charge on any atom is 0.321 e. The monoisotopic (exact) mass is 248 g/mol. The maximum absolute atomic E-state index is 10.8. The number of aliphatic carboxylic acids is 1. The molecule has 6 heteroatoms. The molecule has 0 unspecified atom stereocenters. The number of rotatable bonds is 4. The van der Waals surface area contributed by atoms with Gasteiger partial charge >= 0.3 is 5.97 Å². The summed E-state index contributed by atoms with van der Waals surface area (Å²) in [7, 11) is 1.59. The molecular formula is C9H10Cl2N2O2. The standard InChI is InChI=1S/C9H10Cl2N2O2/c1-12-6(9(14)15)2-5-3-7(10)13-8(11)4-5/h3-4,6,12H,2H2,1H3,(H,14,15)/t6-/m0/s1. The molecule has 2 N–H and O–H groups in total. The number of halogens is 2. The third-order valence-corrected chi connectivity index (χ3v) is 2.30. The predicted octanol–water partition coefficient (Wildman–Crippen LogP) is 1.60. The highest BCUT2D eigenvalue weighted by Crippen LogP contribution is 2.15. The number of nitrogens with zero attached hydrogens (tertiary/aromatic N) is 1. The van der Waals surface area contributed by atoms with Crippen LogP contribution in [0.1, 0.15) is 5.56 Å². The highest BCUT2D eigenvalue weighted by atomic mass is 35.5. The minimum Gasteiger partial charge on any atom is -0.480 e. The van der Waals surface area contributed by atoms with E-state index in [1.54, 1.807) is 19.2 Å². The van der Waals surface area contributed by atoms with Crippen molar-refractivity contribution in [3.8, 4) is 0 Å². The SMILES string of the molecule is CN[C@@H](Cc1cc(Cl)nc(Cl)c1)C(=O)O. The fourth-order valence-electron chi connectivity index (χ4n) is 1.18. The first kappa shape index (κ1) is 12.2. The Kier molecular flexibility index (Phi) is 4.32. The van der Waals surface area contributed by atoms with Crippen LogP contribution in [0.5, 0.6) is 0 Å². The van der Waals surface area contributed by atoms with E-state index >= 15 is 0 Å². The minimum absolute atomic E-state index is 0.262. The van der Waals surface area contributed by atoms with E-state index < -0.39 is 12.0 Å². The van der Waals surface area contributed by atoms with Crippen molar-refractivity contribution in [2.75, 3.05) is 7.05 Å². The lowest BCUT2D eigenvalue weighted by molar-refractivity contribution is -0.139. The van der Waals surface area contributed by atoms with Gasteiger partial charge in [-0.2, -0.15) is 0 Å². The van der Waals surface area contributed by atoms with Crippen molar-refractivity contribution in [2.24, 2.45) is 0 Å². The highest BCUT2D eigenvalue weighted by Gasteiger charge is 2.15. The molecule has 4 nitrogen and oxygen atoms in total. The van der Waals surface area contributed by atoms with Crippen LogP contribution in [0.4, 0.5) is 0 Å². The summed E-state index contributed by atoms with van der Waals surface area (Å²) < 4.78 is 0. The smallest absolute Gasteiger partial charge is 0.321 e. The molecular weight excluding hydrogens is 239 g/mol. The predicted molar refractivity (Wildman–Crippen MR) is 58.4 cm³/mol. The van der Waals surface area contributed by atoms with Gasteiger partial charge in [-0.05, 0) is 31.2 Å². The molecule has 0 saturated carbocycles. The molecule has 0 aliphatic rings. The molecule has 1 aromatic rings. The lowest BCUT2D eigenvalue weighted by atomic mass is 10.1. The molecule has 0 radical (unpaired) electrons. The molecule has 0 amide bonds. The van der Waals surface area contributed by atoms with Crippen molar-refractivity contribution in [2.45, 2.75) is 12.5 Å². The molecule has 82 valence electrons. The van der Waals surface area contributed by atoms with E-state index in [1.807, 2.05) is 0 Å². The van der Waals surface area contributed by atoms with Gasteiger partial charge in [0.25, 0.3) is 0 Å². The average Bonchev–Trinajstić information content (AvgIpc) is 2.12. The molecule has 0 spiro atoms. The molecule has 0 saturated heterocycles.